The predicted molar refractivity (Wildman–Crippen MR) is 128 cm³/mol. The third kappa shape index (κ3) is 8.14. The van der Waals surface area contributed by atoms with Crippen molar-refractivity contribution in [3.05, 3.63) is 24.3 Å². The number of ether oxygens (including phenoxy) is 4. The molecule has 3 aliphatic rings. The Balaban J connectivity index is 1.63. The highest BCUT2D eigenvalue weighted by molar-refractivity contribution is 5.66. The van der Waals surface area contributed by atoms with E-state index in [1.54, 1.807) is 0 Å². The van der Waals surface area contributed by atoms with E-state index < -0.39 is 24.0 Å². The second-order valence-electron chi connectivity index (χ2n) is 9.74. The van der Waals surface area contributed by atoms with Crippen molar-refractivity contribution in [2.45, 2.75) is 108 Å². The summed E-state index contributed by atoms with van der Waals surface area (Å²) in [6.45, 7) is 3.96. The molecule has 3 rings (SSSR count). The monoisotopic (exact) mass is 482 g/mol. The molecule has 1 spiro atoms. The van der Waals surface area contributed by atoms with E-state index in [0.717, 1.165) is 57.8 Å². The lowest BCUT2D eigenvalue weighted by atomic mass is 9.87. The molecule has 1 saturated carbocycles. The number of aliphatic carboxylic acids is 1. The van der Waals surface area contributed by atoms with Gasteiger partial charge in [0.2, 0.25) is 0 Å². The summed E-state index contributed by atoms with van der Waals surface area (Å²) in [6, 6.07) is 0. The molecule has 1 aliphatic carbocycles. The molecule has 5 atom stereocenters. The van der Waals surface area contributed by atoms with E-state index in [-0.39, 0.29) is 24.5 Å². The molecule has 0 aromatic heterocycles. The van der Waals surface area contributed by atoms with Gasteiger partial charge in [-0.2, -0.15) is 0 Å². The quantitative estimate of drug-likeness (QED) is 0.308. The lowest BCUT2D eigenvalue weighted by Crippen LogP contribution is -2.36. The van der Waals surface area contributed by atoms with Crippen LogP contribution in [-0.2, 0) is 23.7 Å². The molecular weight excluding hydrogens is 439 g/mol. The smallest absolute Gasteiger partial charge is 0.303 e. The van der Waals surface area contributed by atoms with Gasteiger partial charge < -0.3 is 24.1 Å². The van der Waals surface area contributed by atoms with Crippen LogP contribution in [0.2, 0.25) is 0 Å². The van der Waals surface area contributed by atoms with Gasteiger partial charge in [-0.15, -0.1) is 0 Å². The minimum Gasteiger partial charge on any atom is -0.481 e. The maximum Gasteiger partial charge on any atom is 0.303 e. The van der Waals surface area contributed by atoms with Gasteiger partial charge in [0.05, 0.1) is 13.2 Å². The van der Waals surface area contributed by atoms with E-state index in [1.807, 2.05) is 12.2 Å². The van der Waals surface area contributed by atoms with Crippen molar-refractivity contribution in [3.63, 3.8) is 0 Å². The second-order valence-corrected chi connectivity index (χ2v) is 9.74. The van der Waals surface area contributed by atoms with E-state index in [1.165, 1.54) is 0 Å². The Morgan fingerprint density at radius 3 is 2.68 bits per heavy atom. The Hall–Kier alpha value is -1.28. The van der Waals surface area contributed by atoms with Gasteiger partial charge in [0.1, 0.15) is 12.3 Å². The molecule has 3 fully saturated rings. The normalized spacial score (nSPS) is 28.8. The zero-order valence-electron chi connectivity index (χ0n) is 20.7. The Morgan fingerprint density at radius 2 is 1.97 bits per heavy atom. The average Bonchev–Trinajstić information content (AvgIpc) is 3.45. The summed E-state index contributed by atoms with van der Waals surface area (Å²) >= 11 is 0. The van der Waals surface area contributed by atoms with Crippen LogP contribution in [0.25, 0.3) is 0 Å². The number of rotatable bonds is 14. The molecule has 1 N–H and O–H groups in total. The van der Waals surface area contributed by atoms with Crippen LogP contribution in [0.3, 0.4) is 0 Å². The van der Waals surface area contributed by atoms with Gasteiger partial charge in [0.25, 0.3) is 0 Å². The minimum atomic E-state index is -1.05. The number of carbonyl (C=O) groups is 1. The lowest BCUT2D eigenvalue weighted by molar-refractivity contribution is -0.190. The average molecular weight is 483 g/mol. The van der Waals surface area contributed by atoms with Gasteiger partial charge in [-0.1, -0.05) is 44.1 Å². The molecule has 2 saturated heterocycles. The zero-order valence-corrected chi connectivity index (χ0v) is 20.7. The van der Waals surface area contributed by atoms with Crippen LogP contribution in [0.4, 0.5) is 4.39 Å². The fourth-order valence-corrected chi connectivity index (χ4v) is 5.35. The van der Waals surface area contributed by atoms with Crippen LogP contribution >= 0.6 is 0 Å². The zero-order chi connectivity index (χ0) is 24.2. The van der Waals surface area contributed by atoms with Crippen LogP contribution in [0.1, 0.15) is 84.0 Å². The summed E-state index contributed by atoms with van der Waals surface area (Å²) in [5.41, 5.74) is 0. The van der Waals surface area contributed by atoms with Crippen molar-refractivity contribution < 1.29 is 33.2 Å². The fraction of sp³-hybridized carbons (Fsp3) is 0.815. The number of halogens is 1. The summed E-state index contributed by atoms with van der Waals surface area (Å²) in [5, 5.41) is 8.79. The van der Waals surface area contributed by atoms with Crippen LogP contribution in [-0.4, -0.2) is 55.2 Å². The third-order valence-electron chi connectivity index (χ3n) is 7.20. The largest absolute Gasteiger partial charge is 0.481 e. The van der Waals surface area contributed by atoms with Gasteiger partial charge in [-0.05, 0) is 57.3 Å². The Kier molecular flexibility index (Phi) is 11.5. The van der Waals surface area contributed by atoms with Crippen molar-refractivity contribution in [1.29, 1.82) is 0 Å². The highest BCUT2D eigenvalue weighted by Gasteiger charge is 2.51. The molecule has 7 heteroatoms. The number of hydrogen-bond donors (Lipinski definition) is 1. The van der Waals surface area contributed by atoms with Crippen LogP contribution in [0.15, 0.2) is 24.3 Å². The van der Waals surface area contributed by atoms with Crippen LogP contribution < -0.4 is 0 Å². The predicted octanol–water partition coefficient (Wildman–Crippen LogP) is 5.95. The number of alkyl halides is 1. The number of carboxylic acids is 1. The summed E-state index contributed by atoms with van der Waals surface area (Å²) in [5.74, 6) is -0.930. The molecule has 194 valence electrons. The topological polar surface area (TPSA) is 74.2 Å². The minimum absolute atomic E-state index is 0.149. The Bertz CT molecular complexity index is 654. The summed E-state index contributed by atoms with van der Waals surface area (Å²) < 4.78 is 39.1. The van der Waals surface area contributed by atoms with E-state index in [9.17, 15) is 4.79 Å². The maximum atomic E-state index is 15.1. The van der Waals surface area contributed by atoms with Gasteiger partial charge in [0.15, 0.2) is 12.1 Å². The lowest BCUT2D eigenvalue weighted by Gasteiger charge is -2.32. The van der Waals surface area contributed by atoms with Gasteiger partial charge in [-0.25, -0.2) is 4.39 Å². The molecule has 5 unspecified atom stereocenters. The first-order valence-corrected chi connectivity index (χ1v) is 13.3. The fourth-order valence-electron chi connectivity index (χ4n) is 5.35. The molecule has 0 bridgehead atoms. The van der Waals surface area contributed by atoms with Crippen molar-refractivity contribution in [2.24, 2.45) is 11.8 Å². The first-order chi connectivity index (χ1) is 16.5. The first-order valence-electron chi connectivity index (χ1n) is 13.3. The molecule has 2 heterocycles. The summed E-state index contributed by atoms with van der Waals surface area (Å²) in [7, 11) is 0. The van der Waals surface area contributed by atoms with Gasteiger partial charge >= 0.3 is 5.97 Å². The molecular formula is C27H43FO6. The van der Waals surface area contributed by atoms with E-state index in [4.69, 9.17) is 24.1 Å². The number of allylic oxidation sites excluding steroid dienone is 3. The molecule has 0 amide bonds. The Morgan fingerprint density at radius 1 is 1.18 bits per heavy atom. The summed E-state index contributed by atoms with van der Waals surface area (Å²) in [6.07, 6.45) is 15.4. The molecule has 34 heavy (non-hydrogen) atoms. The van der Waals surface area contributed by atoms with E-state index >= 15 is 4.39 Å². The number of unbranched alkanes of at least 4 members (excludes halogenated alkanes) is 1. The Labute approximate surface area is 203 Å². The van der Waals surface area contributed by atoms with Crippen LogP contribution in [0, 0.1) is 11.8 Å². The van der Waals surface area contributed by atoms with Crippen LogP contribution in [0.5, 0.6) is 0 Å². The molecule has 0 aromatic rings. The molecule has 0 radical (unpaired) electrons. The SMILES string of the molecule is CCCCC(F)C(/C=C/C1CCC2(OCCO2)C1CC/C=C\CCC(=O)O)OC1CCCCO1. The summed E-state index contributed by atoms with van der Waals surface area (Å²) in [4.78, 5) is 10.7. The highest BCUT2D eigenvalue weighted by Crippen LogP contribution is 2.48. The second kappa shape index (κ2) is 14.3. The van der Waals surface area contributed by atoms with E-state index in [2.05, 4.69) is 19.1 Å². The molecule has 2 aliphatic heterocycles. The maximum absolute atomic E-state index is 15.1. The standard InChI is InChI=1S/C27H43FO6/c1-2-3-11-23(28)24(34-26-13-8-9-18-31-26)15-14-21-16-17-27(32-19-20-33-27)22(21)10-6-4-5-7-12-25(29)30/h4-5,14-15,21-24,26H,2-3,6-13,16-20H2,1H3,(H,29,30)/b5-4-,15-14+. The molecule has 0 aromatic carbocycles. The van der Waals surface area contributed by atoms with Crippen molar-refractivity contribution >= 4 is 5.97 Å². The van der Waals surface area contributed by atoms with Gasteiger partial charge in [0, 0.05) is 25.4 Å². The first kappa shape index (κ1) is 27.3. The van der Waals surface area contributed by atoms with Crippen molar-refractivity contribution in [2.75, 3.05) is 19.8 Å². The van der Waals surface area contributed by atoms with Gasteiger partial charge in [-0.3, -0.25) is 4.79 Å². The highest BCUT2D eigenvalue weighted by atomic mass is 19.1. The number of hydrogen-bond acceptors (Lipinski definition) is 5. The third-order valence-corrected chi connectivity index (χ3v) is 7.20. The van der Waals surface area contributed by atoms with Crippen molar-refractivity contribution in [1.82, 2.24) is 0 Å². The van der Waals surface area contributed by atoms with Crippen molar-refractivity contribution in [3.8, 4) is 0 Å². The van der Waals surface area contributed by atoms with E-state index in [0.29, 0.717) is 32.7 Å². The molecule has 6 nitrogen and oxygen atoms in total. The number of carboxylic acid groups (broad SMARTS) is 1.